The highest BCUT2D eigenvalue weighted by atomic mass is 35.5. The Morgan fingerprint density at radius 2 is 2.00 bits per heavy atom. The second-order valence-corrected chi connectivity index (χ2v) is 10.6. The number of ether oxygens (including phenoxy) is 2. The number of hydrogen-bond acceptors (Lipinski definition) is 6. The van der Waals surface area contributed by atoms with E-state index >= 15 is 0 Å². The Morgan fingerprint density at radius 3 is 2.57 bits per heavy atom. The maximum absolute atomic E-state index is 13.0. The molecule has 0 unspecified atom stereocenters. The molecule has 0 atom stereocenters. The summed E-state index contributed by atoms with van der Waals surface area (Å²) in [6.45, 7) is 4.65. The van der Waals surface area contributed by atoms with Gasteiger partial charge in [-0.3, -0.25) is 4.79 Å². The number of hydrogen-bond donors (Lipinski definition) is 1. The van der Waals surface area contributed by atoms with Gasteiger partial charge in [0.2, 0.25) is 10.0 Å². The summed E-state index contributed by atoms with van der Waals surface area (Å²) < 4.78 is 38.9. The summed E-state index contributed by atoms with van der Waals surface area (Å²) in [7, 11) is -2.02. The second kappa shape index (κ2) is 9.55. The van der Waals surface area contributed by atoms with Gasteiger partial charge >= 0.3 is 0 Å². The van der Waals surface area contributed by atoms with Crippen molar-refractivity contribution in [3.63, 3.8) is 0 Å². The molecule has 1 aliphatic rings. The molecular weight excluding hydrogens is 448 g/mol. The minimum atomic E-state index is -3.52. The standard InChI is InChI=1S/C20H25ClN2O5S2/c1-13(2)28-19-16(21)11-14(12-17(19)27-3)20(24)23-8-6-15(7-9-23)22-30(25,26)18-5-4-10-29-18/h4-5,10-13,15,22H,6-9H2,1-3H3. The van der Waals surface area contributed by atoms with Crippen molar-refractivity contribution in [3.05, 3.63) is 40.2 Å². The van der Waals surface area contributed by atoms with E-state index < -0.39 is 10.0 Å². The van der Waals surface area contributed by atoms with Crippen molar-refractivity contribution < 1.29 is 22.7 Å². The predicted molar refractivity (Wildman–Crippen MR) is 117 cm³/mol. The molecule has 0 saturated carbocycles. The van der Waals surface area contributed by atoms with Crippen molar-refractivity contribution in [3.8, 4) is 11.5 Å². The van der Waals surface area contributed by atoms with Crippen LogP contribution in [0.15, 0.2) is 33.9 Å². The number of carbonyl (C=O) groups is 1. The van der Waals surface area contributed by atoms with E-state index in [1.807, 2.05) is 13.8 Å². The summed E-state index contributed by atoms with van der Waals surface area (Å²) in [4.78, 5) is 14.7. The van der Waals surface area contributed by atoms with Crippen LogP contribution in [0.3, 0.4) is 0 Å². The minimum absolute atomic E-state index is 0.0880. The highest BCUT2D eigenvalue weighted by molar-refractivity contribution is 7.91. The summed E-state index contributed by atoms with van der Waals surface area (Å²) in [5, 5.41) is 2.04. The van der Waals surface area contributed by atoms with Crippen LogP contribution in [0, 0.1) is 0 Å². The largest absolute Gasteiger partial charge is 0.493 e. The van der Waals surface area contributed by atoms with Gasteiger partial charge in [-0.25, -0.2) is 13.1 Å². The zero-order chi connectivity index (χ0) is 21.9. The van der Waals surface area contributed by atoms with Gasteiger partial charge in [0.1, 0.15) is 4.21 Å². The molecule has 2 heterocycles. The molecule has 2 aromatic rings. The van der Waals surface area contributed by atoms with E-state index in [4.69, 9.17) is 21.1 Å². The Morgan fingerprint density at radius 1 is 1.30 bits per heavy atom. The maximum Gasteiger partial charge on any atom is 0.254 e. The van der Waals surface area contributed by atoms with E-state index in [2.05, 4.69) is 4.72 Å². The van der Waals surface area contributed by atoms with Gasteiger partial charge in [-0.05, 0) is 50.3 Å². The van der Waals surface area contributed by atoms with Crippen molar-refractivity contribution in [2.24, 2.45) is 0 Å². The Labute approximate surface area is 186 Å². The Kier molecular flexibility index (Phi) is 7.28. The van der Waals surface area contributed by atoms with Crippen LogP contribution in [0.25, 0.3) is 0 Å². The number of carbonyl (C=O) groups excluding carboxylic acids is 1. The number of benzene rings is 1. The Bertz CT molecular complexity index is 985. The minimum Gasteiger partial charge on any atom is -0.493 e. The number of sulfonamides is 1. The SMILES string of the molecule is COc1cc(C(=O)N2CCC(NS(=O)(=O)c3cccs3)CC2)cc(Cl)c1OC(C)C. The molecule has 0 spiro atoms. The molecule has 0 bridgehead atoms. The second-order valence-electron chi connectivity index (χ2n) is 7.28. The lowest BCUT2D eigenvalue weighted by Crippen LogP contribution is -2.46. The summed E-state index contributed by atoms with van der Waals surface area (Å²) in [5.41, 5.74) is 0.408. The average Bonchev–Trinajstić information content (AvgIpc) is 3.25. The predicted octanol–water partition coefficient (Wildman–Crippen LogP) is 3.78. The number of piperidine rings is 1. The van der Waals surface area contributed by atoms with Crippen LogP contribution in [0.4, 0.5) is 0 Å². The number of likely N-dealkylation sites (tertiary alicyclic amines) is 1. The monoisotopic (exact) mass is 472 g/mol. The maximum atomic E-state index is 13.0. The molecule has 164 valence electrons. The van der Waals surface area contributed by atoms with Gasteiger partial charge in [-0.2, -0.15) is 0 Å². The Balaban J connectivity index is 1.66. The van der Waals surface area contributed by atoms with Crippen LogP contribution in [0.1, 0.15) is 37.0 Å². The fourth-order valence-corrected chi connectivity index (χ4v) is 5.84. The molecule has 1 N–H and O–H groups in total. The third-order valence-electron chi connectivity index (χ3n) is 4.69. The first-order chi connectivity index (χ1) is 14.2. The van der Waals surface area contributed by atoms with Crippen LogP contribution < -0.4 is 14.2 Å². The van der Waals surface area contributed by atoms with Crippen LogP contribution in [-0.2, 0) is 10.0 Å². The van der Waals surface area contributed by atoms with Crippen molar-refractivity contribution in [2.45, 2.75) is 43.0 Å². The van der Waals surface area contributed by atoms with Gasteiger partial charge in [0.05, 0.1) is 18.2 Å². The molecule has 7 nitrogen and oxygen atoms in total. The lowest BCUT2D eigenvalue weighted by molar-refractivity contribution is 0.0711. The molecule has 1 amide bonds. The molecular formula is C20H25ClN2O5S2. The zero-order valence-electron chi connectivity index (χ0n) is 17.1. The van der Waals surface area contributed by atoms with Crippen molar-refractivity contribution >= 4 is 38.9 Å². The van der Waals surface area contributed by atoms with Gasteiger partial charge in [-0.15, -0.1) is 11.3 Å². The van der Waals surface area contributed by atoms with Gasteiger partial charge in [0.15, 0.2) is 11.5 Å². The summed E-state index contributed by atoms with van der Waals surface area (Å²) >= 11 is 7.51. The fraction of sp³-hybridized carbons (Fsp3) is 0.450. The number of halogens is 1. The molecule has 1 aromatic carbocycles. The number of thiophene rings is 1. The van der Waals surface area contributed by atoms with E-state index in [9.17, 15) is 13.2 Å². The molecule has 1 aliphatic heterocycles. The van der Waals surface area contributed by atoms with E-state index in [0.717, 1.165) is 0 Å². The number of amides is 1. The lowest BCUT2D eigenvalue weighted by Gasteiger charge is -2.32. The molecule has 10 heteroatoms. The van der Waals surface area contributed by atoms with Crippen molar-refractivity contribution in [2.75, 3.05) is 20.2 Å². The quantitative estimate of drug-likeness (QED) is 0.662. The lowest BCUT2D eigenvalue weighted by atomic mass is 10.0. The number of rotatable bonds is 7. The van der Waals surface area contributed by atoms with E-state index in [1.165, 1.54) is 18.4 Å². The molecule has 1 aromatic heterocycles. The van der Waals surface area contributed by atoms with Crippen LogP contribution >= 0.6 is 22.9 Å². The van der Waals surface area contributed by atoms with Crippen molar-refractivity contribution in [1.82, 2.24) is 9.62 Å². The average molecular weight is 473 g/mol. The molecule has 1 fully saturated rings. The highest BCUT2D eigenvalue weighted by Gasteiger charge is 2.28. The summed E-state index contributed by atoms with van der Waals surface area (Å²) in [6.07, 6.45) is 0.987. The van der Waals surface area contributed by atoms with Crippen LogP contribution in [-0.4, -0.2) is 51.6 Å². The zero-order valence-corrected chi connectivity index (χ0v) is 19.4. The third-order valence-corrected chi connectivity index (χ3v) is 7.89. The van der Waals surface area contributed by atoms with E-state index in [1.54, 1.807) is 34.5 Å². The molecule has 3 rings (SSSR count). The normalized spacial score (nSPS) is 15.4. The molecule has 0 aliphatic carbocycles. The fourth-order valence-electron chi connectivity index (χ4n) is 3.27. The van der Waals surface area contributed by atoms with Gasteiger partial charge in [-0.1, -0.05) is 17.7 Å². The number of nitrogens with one attached hydrogen (secondary N) is 1. The topological polar surface area (TPSA) is 84.9 Å². The smallest absolute Gasteiger partial charge is 0.254 e. The van der Waals surface area contributed by atoms with Gasteiger partial charge in [0.25, 0.3) is 5.91 Å². The summed E-state index contributed by atoms with van der Waals surface area (Å²) in [6, 6.07) is 6.28. The van der Waals surface area contributed by atoms with Crippen molar-refractivity contribution in [1.29, 1.82) is 0 Å². The number of methoxy groups -OCH3 is 1. The molecule has 1 saturated heterocycles. The third kappa shape index (κ3) is 5.26. The Hall–Kier alpha value is -1.81. The van der Waals surface area contributed by atoms with Gasteiger partial charge in [0, 0.05) is 24.7 Å². The van der Waals surface area contributed by atoms with Crippen LogP contribution in [0.2, 0.25) is 5.02 Å². The highest BCUT2D eigenvalue weighted by Crippen LogP contribution is 2.37. The van der Waals surface area contributed by atoms with Gasteiger partial charge < -0.3 is 14.4 Å². The van der Waals surface area contributed by atoms with E-state index in [-0.39, 0.29) is 18.1 Å². The van der Waals surface area contributed by atoms with E-state index in [0.29, 0.717) is 52.2 Å². The molecule has 0 radical (unpaired) electrons. The summed E-state index contributed by atoms with van der Waals surface area (Å²) in [5.74, 6) is 0.636. The molecule has 30 heavy (non-hydrogen) atoms. The first-order valence-electron chi connectivity index (χ1n) is 9.60. The first kappa shape index (κ1) is 22.9. The van der Waals surface area contributed by atoms with Crippen LogP contribution in [0.5, 0.6) is 11.5 Å². The number of nitrogens with zero attached hydrogens (tertiary/aromatic N) is 1. The first-order valence-corrected chi connectivity index (χ1v) is 12.3.